The van der Waals surface area contributed by atoms with Gasteiger partial charge in [0.2, 0.25) is 0 Å². The molecule has 1 atom stereocenters. The van der Waals surface area contributed by atoms with Gasteiger partial charge in [0.25, 0.3) is 0 Å². The van der Waals surface area contributed by atoms with E-state index >= 15 is 0 Å². The Morgan fingerprint density at radius 1 is 1.20 bits per heavy atom. The second-order valence-corrected chi connectivity index (χ2v) is 6.27. The van der Waals surface area contributed by atoms with Gasteiger partial charge in [-0.1, -0.05) is 39.7 Å². The van der Waals surface area contributed by atoms with E-state index in [0.29, 0.717) is 11.4 Å². The summed E-state index contributed by atoms with van der Waals surface area (Å²) < 4.78 is 6.31. The molecule has 0 heterocycles. The normalized spacial score (nSPS) is 13.8. The molecule has 106 valence electrons. The molecule has 0 aliphatic carbocycles. The predicted octanol–water partition coefficient (Wildman–Crippen LogP) is 4.56. The highest BCUT2D eigenvalue weighted by molar-refractivity contribution is 9.10. The quantitative estimate of drug-likeness (QED) is 0.871. The van der Waals surface area contributed by atoms with Crippen molar-refractivity contribution in [2.45, 2.75) is 18.9 Å². The van der Waals surface area contributed by atoms with Crippen LogP contribution in [0.4, 0.5) is 0 Å². The average molecular weight is 356 g/mol. The smallest absolute Gasteiger partial charge is 0.122 e. The van der Waals surface area contributed by atoms with E-state index in [1.54, 1.807) is 20.1 Å². The maximum atomic E-state index is 10.7. The molecule has 0 fully saturated rings. The molecule has 0 saturated heterocycles. The summed E-state index contributed by atoms with van der Waals surface area (Å²) >= 11 is 9.42. The number of aliphatic hydroxyl groups is 1. The first-order valence-corrected chi connectivity index (χ1v) is 7.40. The summed E-state index contributed by atoms with van der Waals surface area (Å²) in [7, 11) is 1.61. The summed E-state index contributed by atoms with van der Waals surface area (Å²) in [6, 6.07) is 13.1. The Bertz CT molecular complexity index is 594. The third kappa shape index (κ3) is 3.54. The molecule has 4 heteroatoms. The van der Waals surface area contributed by atoms with Crippen molar-refractivity contribution >= 4 is 27.5 Å². The first-order chi connectivity index (χ1) is 9.42. The first kappa shape index (κ1) is 15.4. The molecule has 2 nitrogen and oxygen atoms in total. The second-order valence-electron chi connectivity index (χ2n) is 4.91. The summed E-state index contributed by atoms with van der Waals surface area (Å²) in [6.07, 6.45) is 0.429. The van der Waals surface area contributed by atoms with E-state index in [9.17, 15) is 5.11 Å². The Balaban J connectivity index is 2.32. The van der Waals surface area contributed by atoms with E-state index in [-0.39, 0.29) is 0 Å². The zero-order valence-corrected chi connectivity index (χ0v) is 13.7. The number of ether oxygens (including phenoxy) is 1. The van der Waals surface area contributed by atoms with Gasteiger partial charge in [-0.2, -0.15) is 0 Å². The van der Waals surface area contributed by atoms with Crippen LogP contribution in [0.5, 0.6) is 5.75 Å². The fraction of sp³-hybridized carbons (Fsp3) is 0.250. The number of benzene rings is 2. The Labute approximate surface area is 132 Å². The molecule has 20 heavy (non-hydrogen) atoms. The van der Waals surface area contributed by atoms with E-state index in [2.05, 4.69) is 15.9 Å². The van der Waals surface area contributed by atoms with Gasteiger partial charge in [-0.15, -0.1) is 0 Å². The number of hydrogen-bond acceptors (Lipinski definition) is 2. The van der Waals surface area contributed by atoms with Crippen molar-refractivity contribution < 1.29 is 9.84 Å². The van der Waals surface area contributed by atoms with Crippen molar-refractivity contribution in [1.29, 1.82) is 0 Å². The fourth-order valence-corrected chi connectivity index (χ4v) is 2.63. The van der Waals surface area contributed by atoms with Crippen molar-refractivity contribution in [3.63, 3.8) is 0 Å². The average Bonchev–Trinajstić information content (AvgIpc) is 2.39. The molecule has 0 spiro atoms. The molecule has 1 unspecified atom stereocenters. The minimum atomic E-state index is -0.987. The van der Waals surface area contributed by atoms with Gasteiger partial charge in [0.05, 0.1) is 12.7 Å². The standard InChI is InChI=1S/C16H16BrClO2/c1-16(19,12-3-5-13(17)6-4-12)10-11-9-14(18)7-8-15(11)20-2/h3-9,19H,10H2,1-2H3. The molecule has 0 aliphatic rings. The van der Waals surface area contributed by atoms with E-state index < -0.39 is 5.60 Å². The zero-order valence-electron chi connectivity index (χ0n) is 11.4. The Morgan fingerprint density at radius 2 is 1.85 bits per heavy atom. The Morgan fingerprint density at radius 3 is 2.45 bits per heavy atom. The van der Waals surface area contributed by atoms with Crippen LogP contribution in [-0.2, 0) is 12.0 Å². The third-order valence-corrected chi connectivity index (χ3v) is 4.01. The molecule has 0 bridgehead atoms. The SMILES string of the molecule is COc1ccc(Cl)cc1CC(C)(O)c1ccc(Br)cc1. The Hall–Kier alpha value is -1.03. The molecule has 0 saturated carbocycles. The molecule has 0 radical (unpaired) electrons. The van der Waals surface area contributed by atoms with Gasteiger partial charge in [-0.25, -0.2) is 0 Å². The van der Waals surface area contributed by atoms with Crippen molar-refractivity contribution in [2.24, 2.45) is 0 Å². The highest BCUT2D eigenvalue weighted by Gasteiger charge is 2.25. The summed E-state index contributed by atoms with van der Waals surface area (Å²) in [5.74, 6) is 0.729. The first-order valence-electron chi connectivity index (χ1n) is 6.23. The largest absolute Gasteiger partial charge is 0.496 e. The van der Waals surface area contributed by atoms with Gasteiger partial charge in [-0.05, 0) is 48.4 Å². The van der Waals surface area contributed by atoms with Crippen LogP contribution in [0.2, 0.25) is 5.02 Å². The lowest BCUT2D eigenvalue weighted by atomic mass is 9.89. The number of halogens is 2. The van der Waals surface area contributed by atoms with Crippen LogP contribution in [0.15, 0.2) is 46.9 Å². The molecular weight excluding hydrogens is 340 g/mol. The summed E-state index contributed by atoms with van der Waals surface area (Å²) in [6.45, 7) is 1.79. The highest BCUT2D eigenvalue weighted by atomic mass is 79.9. The topological polar surface area (TPSA) is 29.5 Å². The van der Waals surface area contributed by atoms with Crippen LogP contribution >= 0.6 is 27.5 Å². The molecular formula is C16H16BrClO2. The third-order valence-electron chi connectivity index (χ3n) is 3.24. The maximum Gasteiger partial charge on any atom is 0.122 e. The number of methoxy groups -OCH3 is 1. The van der Waals surface area contributed by atoms with Crippen LogP contribution in [0.3, 0.4) is 0 Å². The van der Waals surface area contributed by atoms with Gasteiger partial charge in [0, 0.05) is 15.9 Å². The summed E-state index contributed by atoms with van der Waals surface area (Å²) in [4.78, 5) is 0. The maximum absolute atomic E-state index is 10.7. The van der Waals surface area contributed by atoms with Crippen LogP contribution < -0.4 is 4.74 Å². The Kier molecular flexibility index (Phi) is 4.74. The van der Waals surface area contributed by atoms with Crippen LogP contribution in [-0.4, -0.2) is 12.2 Å². The molecule has 2 rings (SSSR count). The van der Waals surface area contributed by atoms with Crippen molar-refractivity contribution in [1.82, 2.24) is 0 Å². The molecule has 0 aliphatic heterocycles. The number of hydrogen-bond donors (Lipinski definition) is 1. The lowest BCUT2D eigenvalue weighted by Crippen LogP contribution is -2.24. The zero-order chi connectivity index (χ0) is 14.8. The van der Waals surface area contributed by atoms with E-state index in [0.717, 1.165) is 21.3 Å². The minimum absolute atomic E-state index is 0.429. The van der Waals surface area contributed by atoms with E-state index in [1.165, 1.54) is 0 Å². The lowest BCUT2D eigenvalue weighted by molar-refractivity contribution is 0.0569. The van der Waals surface area contributed by atoms with Gasteiger partial charge < -0.3 is 9.84 Å². The van der Waals surface area contributed by atoms with Gasteiger partial charge >= 0.3 is 0 Å². The highest BCUT2D eigenvalue weighted by Crippen LogP contribution is 2.31. The lowest BCUT2D eigenvalue weighted by Gasteiger charge is -2.25. The predicted molar refractivity (Wildman–Crippen MR) is 85.4 cm³/mol. The van der Waals surface area contributed by atoms with E-state index in [4.69, 9.17) is 16.3 Å². The van der Waals surface area contributed by atoms with Gasteiger partial charge in [0.1, 0.15) is 5.75 Å². The van der Waals surface area contributed by atoms with Crippen LogP contribution in [0.25, 0.3) is 0 Å². The van der Waals surface area contributed by atoms with Gasteiger partial charge in [-0.3, -0.25) is 0 Å². The van der Waals surface area contributed by atoms with Crippen molar-refractivity contribution in [3.05, 3.63) is 63.1 Å². The molecule has 0 aromatic heterocycles. The number of rotatable bonds is 4. The summed E-state index contributed by atoms with van der Waals surface area (Å²) in [5.41, 5.74) is 0.745. The van der Waals surface area contributed by atoms with Crippen LogP contribution in [0, 0.1) is 0 Å². The second kappa shape index (κ2) is 6.17. The fourth-order valence-electron chi connectivity index (χ4n) is 2.17. The van der Waals surface area contributed by atoms with Crippen LogP contribution in [0.1, 0.15) is 18.1 Å². The van der Waals surface area contributed by atoms with Crippen molar-refractivity contribution in [3.8, 4) is 5.75 Å². The molecule has 0 amide bonds. The molecule has 2 aromatic rings. The monoisotopic (exact) mass is 354 g/mol. The van der Waals surface area contributed by atoms with E-state index in [1.807, 2.05) is 36.4 Å². The molecule has 2 aromatic carbocycles. The van der Waals surface area contributed by atoms with Crippen molar-refractivity contribution in [2.75, 3.05) is 7.11 Å². The van der Waals surface area contributed by atoms with Gasteiger partial charge in [0.15, 0.2) is 0 Å². The molecule has 1 N–H and O–H groups in total. The minimum Gasteiger partial charge on any atom is -0.496 e. The summed E-state index contributed by atoms with van der Waals surface area (Å²) in [5, 5.41) is 11.4.